The van der Waals surface area contributed by atoms with E-state index >= 15 is 0 Å². The first kappa shape index (κ1) is 24.6. The highest BCUT2D eigenvalue weighted by Crippen LogP contribution is 2.46. The van der Waals surface area contributed by atoms with Crippen molar-refractivity contribution in [1.29, 1.82) is 0 Å². The summed E-state index contributed by atoms with van der Waals surface area (Å²) in [5.74, 6) is 0. The molecular formula is C40H27NS. The number of thiophene rings is 1. The number of hydrogen-bond donors (Lipinski definition) is 0. The van der Waals surface area contributed by atoms with Crippen LogP contribution in [0, 0.1) is 0 Å². The average molecular weight is 554 g/mol. The maximum absolute atomic E-state index is 2.41. The normalized spacial score (nSPS) is 11.3. The number of anilines is 3. The van der Waals surface area contributed by atoms with Crippen LogP contribution in [0.1, 0.15) is 0 Å². The molecule has 42 heavy (non-hydrogen) atoms. The van der Waals surface area contributed by atoms with Crippen LogP contribution in [-0.4, -0.2) is 0 Å². The van der Waals surface area contributed by atoms with Gasteiger partial charge in [0.2, 0.25) is 0 Å². The molecule has 1 heterocycles. The van der Waals surface area contributed by atoms with Gasteiger partial charge in [-0.05, 0) is 70.1 Å². The molecule has 8 aromatic rings. The molecular weight excluding hydrogens is 527 g/mol. The van der Waals surface area contributed by atoms with Gasteiger partial charge in [0.05, 0.1) is 5.69 Å². The summed E-state index contributed by atoms with van der Waals surface area (Å²) in [6.45, 7) is 0. The number of nitrogens with zero attached hydrogens (tertiary/aromatic N) is 1. The summed E-state index contributed by atoms with van der Waals surface area (Å²) in [7, 11) is 0. The van der Waals surface area contributed by atoms with Crippen molar-refractivity contribution in [3.8, 4) is 22.3 Å². The Kier molecular flexibility index (Phi) is 6.05. The van der Waals surface area contributed by atoms with Crippen LogP contribution in [0.15, 0.2) is 164 Å². The van der Waals surface area contributed by atoms with Crippen molar-refractivity contribution in [1.82, 2.24) is 0 Å². The first-order valence-electron chi connectivity index (χ1n) is 14.3. The Morgan fingerprint density at radius 3 is 1.52 bits per heavy atom. The number of benzene rings is 7. The zero-order chi connectivity index (χ0) is 27.9. The minimum absolute atomic E-state index is 1.13. The summed E-state index contributed by atoms with van der Waals surface area (Å²) in [4.78, 5) is 2.41. The maximum atomic E-state index is 2.41. The molecule has 0 saturated heterocycles. The van der Waals surface area contributed by atoms with Crippen LogP contribution in [0.4, 0.5) is 17.1 Å². The molecule has 0 aliphatic carbocycles. The highest BCUT2D eigenvalue weighted by atomic mass is 32.1. The van der Waals surface area contributed by atoms with Crippen LogP contribution in [0.3, 0.4) is 0 Å². The van der Waals surface area contributed by atoms with Gasteiger partial charge in [0.15, 0.2) is 0 Å². The Morgan fingerprint density at radius 2 is 0.905 bits per heavy atom. The van der Waals surface area contributed by atoms with Gasteiger partial charge in [-0.1, -0.05) is 121 Å². The van der Waals surface area contributed by atoms with E-state index in [4.69, 9.17) is 0 Å². The van der Waals surface area contributed by atoms with Crippen LogP contribution in [0.5, 0.6) is 0 Å². The van der Waals surface area contributed by atoms with Crippen molar-refractivity contribution in [2.24, 2.45) is 0 Å². The van der Waals surface area contributed by atoms with Gasteiger partial charge in [-0.3, -0.25) is 0 Å². The van der Waals surface area contributed by atoms with Crippen molar-refractivity contribution in [2.75, 3.05) is 4.90 Å². The zero-order valence-corrected chi connectivity index (χ0v) is 23.8. The zero-order valence-electron chi connectivity index (χ0n) is 22.9. The van der Waals surface area contributed by atoms with Crippen molar-refractivity contribution in [3.63, 3.8) is 0 Å². The van der Waals surface area contributed by atoms with E-state index in [0.717, 1.165) is 11.4 Å². The highest BCUT2D eigenvalue weighted by Gasteiger charge is 2.19. The summed E-state index contributed by atoms with van der Waals surface area (Å²) in [6.07, 6.45) is 0. The predicted molar refractivity (Wildman–Crippen MR) is 182 cm³/mol. The van der Waals surface area contributed by atoms with Crippen molar-refractivity contribution >= 4 is 59.3 Å². The molecule has 0 fully saturated rings. The van der Waals surface area contributed by atoms with E-state index < -0.39 is 0 Å². The monoisotopic (exact) mass is 553 g/mol. The molecule has 2 heteroatoms. The van der Waals surface area contributed by atoms with Gasteiger partial charge < -0.3 is 4.90 Å². The molecule has 0 aliphatic rings. The lowest BCUT2D eigenvalue weighted by Crippen LogP contribution is -2.10. The second-order valence-corrected chi connectivity index (χ2v) is 11.7. The molecule has 0 amide bonds. The highest BCUT2D eigenvalue weighted by molar-refractivity contribution is 7.26. The van der Waals surface area contributed by atoms with E-state index in [1.165, 1.54) is 58.9 Å². The third-order valence-electron chi connectivity index (χ3n) is 8.07. The molecule has 1 nitrogen and oxygen atoms in total. The van der Waals surface area contributed by atoms with E-state index in [9.17, 15) is 0 Å². The van der Waals surface area contributed by atoms with E-state index in [0.29, 0.717) is 0 Å². The van der Waals surface area contributed by atoms with Crippen molar-refractivity contribution in [3.05, 3.63) is 164 Å². The average Bonchev–Trinajstić information content (AvgIpc) is 3.45. The molecule has 0 radical (unpaired) electrons. The molecule has 7 aromatic carbocycles. The van der Waals surface area contributed by atoms with Crippen LogP contribution in [-0.2, 0) is 0 Å². The summed E-state index contributed by atoms with van der Waals surface area (Å²) in [5.41, 5.74) is 8.31. The van der Waals surface area contributed by atoms with Gasteiger partial charge in [0, 0.05) is 36.9 Å². The van der Waals surface area contributed by atoms with Gasteiger partial charge in [-0.2, -0.15) is 0 Å². The lowest BCUT2D eigenvalue weighted by Gasteiger charge is -2.27. The van der Waals surface area contributed by atoms with Crippen molar-refractivity contribution < 1.29 is 0 Å². The molecule has 0 spiro atoms. The molecule has 0 atom stereocenters. The standard InChI is InChI=1S/C40H27NS/c1-3-10-28(11-4-1)30-18-23-33(24-19-30)41(34-25-20-31(21-26-34)29-12-5-2-6-13-29)36-16-9-14-32-22-27-38-40(39(32)36)35-15-7-8-17-37(35)42-38/h1-27H. The Bertz CT molecular complexity index is 2080. The summed E-state index contributed by atoms with van der Waals surface area (Å²) in [6, 6.07) is 59.1. The molecule has 8 rings (SSSR count). The molecule has 1 aromatic heterocycles. The number of hydrogen-bond acceptors (Lipinski definition) is 2. The molecule has 0 N–H and O–H groups in total. The predicted octanol–water partition coefficient (Wildman–Crippen LogP) is 12.0. The van der Waals surface area contributed by atoms with Gasteiger partial charge in [-0.15, -0.1) is 11.3 Å². The fourth-order valence-electron chi connectivity index (χ4n) is 6.05. The largest absolute Gasteiger partial charge is 0.310 e. The van der Waals surface area contributed by atoms with E-state index in [1.54, 1.807) is 0 Å². The fourth-order valence-corrected chi connectivity index (χ4v) is 7.17. The van der Waals surface area contributed by atoms with Gasteiger partial charge in [0.1, 0.15) is 0 Å². The Labute approximate surface area is 249 Å². The molecule has 0 bridgehead atoms. The van der Waals surface area contributed by atoms with E-state index in [1.807, 2.05) is 11.3 Å². The Hall–Kier alpha value is -5.18. The maximum Gasteiger partial charge on any atom is 0.0546 e. The smallest absolute Gasteiger partial charge is 0.0546 e. The quantitative estimate of drug-likeness (QED) is 0.205. The molecule has 0 saturated carbocycles. The molecule has 0 aliphatic heterocycles. The first-order chi connectivity index (χ1) is 20.8. The first-order valence-corrected chi connectivity index (χ1v) is 15.1. The molecule has 198 valence electrons. The molecule has 0 unspecified atom stereocenters. The second-order valence-electron chi connectivity index (χ2n) is 10.6. The van der Waals surface area contributed by atoms with Crippen LogP contribution >= 0.6 is 11.3 Å². The number of fused-ring (bicyclic) bond motifs is 5. The van der Waals surface area contributed by atoms with Crippen LogP contribution in [0.25, 0.3) is 53.2 Å². The SMILES string of the molecule is c1ccc(-c2ccc(N(c3ccc(-c4ccccc4)cc3)c3cccc4ccc5sc6ccccc6c5c34)cc2)cc1. The van der Waals surface area contributed by atoms with Crippen LogP contribution in [0.2, 0.25) is 0 Å². The van der Waals surface area contributed by atoms with Crippen molar-refractivity contribution in [2.45, 2.75) is 0 Å². The van der Waals surface area contributed by atoms with Crippen LogP contribution < -0.4 is 4.90 Å². The summed E-state index contributed by atoms with van der Waals surface area (Å²) >= 11 is 1.87. The minimum atomic E-state index is 1.13. The van der Waals surface area contributed by atoms with E-state index in [2.05, 4.69) is 169 Å². The lowest BCUT2D eigenvalue weighted by molar-refractivity contribution is 1.30. The third kappa shape index (κ3) is 4.25. The second kappa shape index (κ2) is 10.3. The third-order valence-corrected chi connectivity index (χ3v) is 9.20. The topological polar surface area (TPSA) is 3.24 Å². The van der Waals surface area contributed by atoms with Gasteiger partial charge in [0.25, 0.3) is 0 Å². The lowest BCUT2D eigenvalue weighted by atomic mass is 9.99. The summed E-state index contributed by atoms with van der Waals surface area (Å²) < 4.78 is 2.63. The Morgan fingerprint density at radius 1 is 0.357 bits per heavy atom. The fraction of sp³-hybridized carbons (Fsp3) is 0. The number of rotatable bonds is 5. The summed E-state index contributed by atoms with van der Waals surface area (Å²) in [5, 5.41) is 5.17. The minimum Gasteiger partial charge on any atom is -0.310 e. The van der Waals surface area contributed by atoms with Gasteiger partial charge in [-0.25, -0.2) is 0 Å². The van der Waals surface area contributed by atoms with Gasteiger partial charge >= 0.3 is 0 Å². The van der Waals surface area contributed by atoms with E-state index in [-0.39, 0.29) is 0 Å². The Balaban J connectivity index is 1.36.